The normalized spacial score (nSPS) is 15.2. The summed E-state index contributed by atoms with van der Waals surface area (Å²) in [7, 11) is 2.11. The fourth-order valence-corrected chi connectivity index (χ4v) is 3.78. The van der Waals surface area contributed by atoms with Crippen molar-refractivity contribution in [1.29, 1.82) is 0 Å². The molecule has 3 heterocycles. The molecule has 1 aromatic heterocycles. The summed E-state index contributed by atoms with van der Waals surface area (Å²) in [5.74, 6) is 2.79. The Hall–Kier alpha value is -2.36. The van der Waals surface area contributed by atoms with E-state index in [1.54, 1.807) is 0 Å². The van der Waals surface area contributed by atoms with Crippen molar-refractivity contribution in [1.82, 2.24) is 20.2 Å². The number of hydrogen-bond donors (Lipinski definition) is 3. The monoisotopic (exact) mass is 474 g/mol. The average molecular weight is 475 g/mol. The van der Waals surface area contributed by atoms with E-state index in [1.165, 1.54) is 12.8 Å². The smallest absolute Gasteiger partial charge is 0.229 e. The first kappa shape index (κ1) is 22.8. The van der Waals surface area contributed by atoms with Gasteiger partial charge in [-0.2, -0.15) is 9.97 Å². The molecule has 0 bridgehead atoms. The predicted octanol–water partition coefficient (Wildman–Crippen LogP) is 2.88. The molecule has 32 heavy (non-hydrogen) atoms. The number of hydrogen-bond acceptors (Lipinski definition) is 7. The van der Waals surface area contributed by atoms with Gasteiger partial charge in [0.2, 0.25) is 5.95 Å². The summed E-state index contributed by atoms with van der Waals surface area (Å²) in [6.45, 7) is 7.64. The Morgan fingerprint density at radius 2 is 1.72 bits per heavy atom. The molecule has 0 saturated carbocycles. The van der Waals surface area contributed by atoms with Crippen LogP contribution in [0.1, 0.15) is 12.8 Å². The van der Waals surface area contributed by atoms with Gasteiger partial charge in [-0.3, -0.25) is 0 Å². The lowest BCUT2D eigenvalue weighted by molar-refractivity contribution is 0.352. The van der Waals surface area contributed by atoms with Gasteiger partial charge in [-0.15, -0.1) is 0 Å². The Balaban J connectivity index is 1.18. The third-order valence-corrected chi connectivity index (χ3v) is 6.20. The maximum absolute atomic E-state index is 5.91. The van der Waals surface area contributed by atoms with E-state index in [4.69, 9.17) is 33.8 Å². The summed E-state index contributed by atoms with van der Waals surface area (Å²) in [5, 5.41) is 11.2. The molecular weight excluding hydrogens is 444 g/mol. The Labute approximate surface area is 200 Å². The Morgan fingerprint density at radius 1 is 1.03 bits per heavy atom. The van der Waals surface area contributed by atoms with Crippen molar-refractivity contribution in [3.05, 3.63) is 35.4 Å². The predicted molar refractivity (Wildman–Crippen MR) is 137 cm³/mol. The summed E-state index contributed by atoms with van der Waals surface area (Å²) in [6.07, 6.45) is 2.46. The van der Waals surface area contributed by atoms with E-state index < -0.39 is 0 Å². The third-order valence-electron chi connectivity index (χ3n) is 5.70. The van der Waals surface area contributed by atoms with Gasteiger partial charge in [-0.1, -0.05) is 11.6 Å². The van der Waals surface area contributed by atoms with Crippen LogP contribution in [0.15, 0.2) is 30.3 Å². The zero-order valence-electron chi connectivity index (χ0n) is 18.5. The molecule has 0 spiro atoms. The van der Waals surface area contributed by atoms with Crippen LogP contribution in [0.2, 0.25) is 5.02 Å². The number of anilines is 4. The fourth-order valence-electron chi connectivity index (χ4n) is 3.43. The molecule has 172 valence electrons. The van der Waals surface area contributed by atoms with E-state index in [0.717, 1.165) is 75.6 Å². The van der Waals surface area contributed by atoms with Crippen molar-refractivity contribution in [3.8, 4) is 0 Å². The van der Waals surface area contributed by atoms with Crippen molar-refractivity contribution in [3.63, 3.8) is 0 Å². The number of benzene rings is 1. The number of halogens is 1. The van der Waals surface area contributed by atoms with Crippen LogP contribution in [-0.2, 0) is 0 Å². The highest BCUT2D eigenvalue weighted by Crippen LogP contribution is 2.25. The quantitative estimate of drug-likeness (QED) is 0.451. The minimum absolute atomic E-state index is 0.608. The molecule has 1 aromatic carbocycles. The van der Waals surface area contributed by atoms with E-state index in [9.17, 15) is 0 Å². The summed E-state index contributed by atoms with van der Waals surface area (Å²) < 4.78 is 0. The van der Waals surface area contributed by atoms with Crippen molar-refractivity contribution >= 4 is 52.2 Å². The average Bonchev–Trinajstić information content (AvgIpc) is 2.67. The van der Waals surface area contributed by atoms with E-state index in [1.807, 2.05) is 24.3 Å². The largest absolute Gasteiger partial charge is 0.369 e. The van der Waals surface area contributed by atoms with Crippen LogP contribution >= 0.6 is 23.8 Å². The molecule has 2 aliphatic rings. The maximum Gasteiger partial charge on any atom is 0.229 e. The molecule has 0 atom stereocenters. The van der Waals surface area contributed by atoms with Crippen LogP contribution in [0.5, 0.6) is 0 Å². The number of nitrogens with one attached hydrogen (secondary N) is 3. The standard InChI is InChI=1S/C22H31ClN8S/c1-29(15-9-25-22(32)26-18-6-4-17(23)5-7-18)14-8-24-19-16-20(30-10-2-11-30)28-21(27-19)31-12-3-13-31/h4-7,16H,2-3,8-15H2,1H3,(H,24,27,28)(H2,25,26,32). The SMILES string of the molecule is CN(CCNC(=S)Nc1ccc(Cl)cc1)CCNc1cc(N2CCC2)nc(N2CCC2)n1. The van der Waals surface area contributed by atoms with Gasteiger partial charge in [0.15, 0.2) is 5.11 Å². The zero-order chi connectivity index (χ0) is 22.3. The summed E-state index contributed by atoms with van der Waals surface area (Å²) in [5.41, 5.74) is 0.921. The second-order valence-corrected chi connectivity index (χ2v) is 9.06. The minimum atomic E-state index is 0.608. The topological polar surface area (TPSA) is 71.6 Å². The highest BCUT2D eigenvalue weighted by molar-refractivity contribution is 7.80. The van der Waals surface area contributed by atoms with Crippen LogP contribution < -0.4 is 25.8 Å². The van der Waals surface area contributed by atoms with Gasteiger partial charge in [0.25, 0.3) is 0 Å². The Morgan fingerprint density at radius 3 is 2.38 bits per heavy atom. The minimum Gasteiger partial charge on any atom is -0.369 e. The highest BCUT2D eigenvalue weighted by atomic mass is 35.5. The molecule has 0 aliphatic carbocycles. The summed E-state index contributed by atoms with van der Waals surface area (Å²) in [6, 6.07) is 9.56. The van der Waals surface area contributed by atoms with Crippen LogP contribution in [0.3, 0.4) is 0 Å². The molecule has 0 radical (unpaired) electrons. The van der Waals surface area contributed by atoms with Crippen LogP contribution in [0, 0.1) is 0 Å². The van der Waals surface area contributed by atoms with Crippen LogP contribution in [-0.4, -0.2) is 79.4 Å². The first-order chi connectivity index (χ1) is 15.6. The van der Waals surface area contributed by atoms with Crippen molar-refractivity contribution in [2.45, 2.75) is 12.8 Å². The van der Waals surface area contributed by atoms with Crippen molar-refractivity contribution in [2.24, 2.45) is 0 Å². The van der Waals surface area contributed by atoms with Gasteiger partial charge in [-0.05, 0) is 56.4 Å². The number of rotatable bonds is 10. The summed E-state index contributed by atoms with van der Waals surface area (Å²) >= 11 is 11.3. The van der Waals surface area contributed by atoms with Crippen molar-refractivity contribution < 1.29 is 0 Å². The molecular formula is C22H31ClN8S. The Bertz CT molecular complexity index is 869. The molecule has 2 aliphatic heterocycles. The van der Waals surface area contributed by atoms with E-state index >= 15 is 0 Å². The summed E-state index contributed by atoms with van der Waals surface area (Å²) in [4.78, 5) is 16.3. The van der Waals surface area contributed by atoms with Gasteiger partial charge < -0.3 is 30.7 Å². The molecule has 0 amide bonds. The van der Waals surface area contributed by atoms with Gasteiger partial charge in [-0.25, -0.2) is 0 Å². The van der Waals surface area contributed by atoms with E-state index in [0.29, 0.717) is 10.1 Å². The molecule has 0 unspecified atom stereocenters. The molecule has 3 N–H and O–H groups in total. The molecule has 4 rings (SSSR count). The van der Waals surface area contributed by atoms with Crippen LogP contribution in [0.4, 0.5) is 23.3 Å². The number of nitrogens with zero attached hydrogens (tertiary/aromatic N) is 5. The molecule has 2 aromatic rings. The maximum atomic E-state index is 5.91. The lowest BCUT2D eigenvalue weighted by Crippen LogP contribution is -2.41. The first-order valence-electron chi connectivity index (χ1n) is 11.2. The molecule has 2 saturated heterocycles. The number of aromatic nitrogens is 2. The van der Waals surface area contributed by atoms with Gasteiger partial charge in [0.05, 0.1) is 0 Å². The lowest BCUT2D eigenvalue weighted by atomic mass is 10.2. The number of thiocarbonyl (C=S) groups is 1. The Kier molecular flexibility index (Phi) is 7.83. The zero-order valence-corrected chi connectivity index (χ0v) is 20.1. The third kappa shape index (κ3) is 6.34. The van der Waals surface area contributed by atoms with Gasteiger partial charge in [0, 0.05) is 69.1 Å². The fraction of sp³-hybridized carbons (Fsp3) is 0.500. The van der Waals surface area contributed by atoms with Gasteiger partial charge >= 0.3 is 0 Å². The lowest BCUT2D eigenvalue weighted by Gasteiger charge is -2.35. The molecule has 10 heteroatoms. The molecule has 2 fully saturated rings. The van der Waals surface area contributed by atoms with Crippen molar-refractivity contribution in [2.75, 3.05) is 79.8 Å². The van der Waals surface area contributed by atoms with Gasteiger partial charge in [0.1, 0.15) is 11.6 Å². The molecule has 8 nitrogen and oxygen atoms in total. The number of likely N-dealkylation sites (N-methyl/N-ethyl adjacent to an activating group) is 1. The first-order valence-corrected chi connectivity index (χ1v) is 12.0. The second-order valence-electron chi connectivity index (χ2n) is 8.21. The van der Waals surface area contributed by atoms with E-state index in [-0.39, 0.29) is 0 Å². The second kappa shape index (κ2) is 11.0. The van der Waals surface area contributed by atoms with Crippen LogP contribution in [0.25, 0.3) is 0 Å². The highest BCUT2D eigenvalue weighted by Gasteiger charge is 2.22. The van der Waals surface area contributed by atoms with E-state index in [2.05, 4.69) is 43.8 Å².